The first-order valence-corrected chi connectivity index (χ1v) is 4.48. The largest absolute Gasteiger partial charge is 0.574 e. The van der Waals surface area contributed by atoms with Crippen LogP contribution in [0.25, 0.3) is 0 Å². The second-order valence-corrected chi connectivity index (χ2v) is 3.06. The van der Waals surface area contributed by atoms with Crippen LogP contribution in [0.1, 0.15) is 11.3 Å². The van der Waals surface area contributed by atoms with Gasteiger partial charge < -0.3 is 16.2 Å². The maximum atomic E-state index is 12.0. The van der Waals surface area contributed by atoms with Crippen LogP contribution in [0, 0.1) is 11.3 Å². The van der Waals surface area contributed by atoms with Gasteiger partial charge in [-0.2, -0.15) is 5.26 Å². The summed E-state index contributed by atoms with van der Waals surface area (Å²) < 4.78 is 39.6. The fourth-order valence-corrected chi connectivity index (χ4v) is 1.25. The Bertz CT molecular complexity index is 453. The zero-order valence-electron chi connectivity index (χ0n) is 8.58. The van der Waals surface area contributed by atoms with Gasteiger partial charge in [-0.15, -0.1) is 13.2 Å². The zero-order chi connectivity index (χ0) is 13.1. The molecule has 1 aromatic heterocycles. The molecule has 0 atom stereocenters. The molecular weight excluding hydrogens is 237 g/mol. The fraction of sp³-hybridized carbons (Fsp3) is 0.333. The number of ether oxygens (including phenoxy) is 1. The van der Waals surface area contributed by atoms with Crippen molar-refractivity contribution in [3.8, 4) is 11.9 Å². The van der Waals surface area contributed by atoms with Crippen molar-refractivity contribution in [3.05, 3.63) is 17.3 Å². The molecule has 0 aliphatic heterocycles. The summed E-state index contributed by atoms with van der Waals surface area (Å²) in [6.45, 7) is -0.0118. The summed E-state index contributed by atoms with van der Waals surface area (Å²) in [6, 6.07) is 2.69. The molecule has 17 heavy (non-hydrogen) atoms. The van der Waals surface area contributed by atoms with Crippen molar-refractivity contribution in [1.29, 1.82) is 5.26 Å². The van der Waals surface area contributed by atoms with Crippen molar-refractivity contribution in [3.63, 3.8) is 0 Å². The van der Waals surface area contributed by atoms with E-state index in [0.29, 0.717) is 5.56 Å². The first-order valence-electron chi connectivity index (χ1n) is 4.48. The normalized spacial score (nSPS) is 11.0. The van der Waals surface area contributed by atoms with Crippen molar-refractivity contribution in [1.82, 2.24) is 4.98 Å². The number of rotatable bonds is 3. The third kappa shape index (κ3) is 3.49. The molecule has 0 fully saturated rings. The molecule has 0 spiro atoms. The molecule has 0 bridgehead atoms. The Morgan fingerprint density at radius 2 is 2.12 bits per heavy atom. The summed E-state index contributed by atoms with van der Waals surface area (Å²) in [5.41, 5.74) is 11.3. The molecule has 1 aromatic rings. The summed E-state index contributed by atoms with van der Waals surface area (Å²) in [7, 11) is 0. The summed E-state index contributed by atoms with van der Waals surface area (Å²) in [6.07, 6.45) is -5.04. The van der Waals surface area contributed by atoms with Gasteiger partial charge in [0, 0.05) is 23.9 Å². The van der Waals surface area contributed by atoms with E-state index in [4.69, 9.17) is 16.7 Å². The van der Waals surface area contributed by atoms with E-state index < -0.39 is 12.2 Å². The monoisotopic (exact) mass is 246 g/mol. The summed E-state index contributed by atoms with van der Waals surface area (Å²) in [5.74, 6) is -0.697. The molecule has 0 saturated carbocycles. The fourth-order valence-electron chi connectivity index (χ4n) is 1.25. The number of anilines is 1. The van der Waals surface area contributed by atoms with Crippen LogP contribution < -0.4 is 16.2 Å². The van der Waals surface area contributed by atoms with Crippen molar-refractivity contribution >= 4 is 5.69 Å². The van der Waals surface area contributed by atoms with E-state index in [0.717, 1.165) is 6.07 Å². The number of alkyl halides is 3. The van der Waals surface area contributed by atoms with E-state index in [1.165, 1.54) is 0 Å². The molecule has 0 aliphatic carbocycles. The molecule has 5 nitrogen and oxygen atoms in total. The lowest BCUT2D eigenvalue weighted by atomic mass is 10.1. The minimum absolute atomic E-state index is 0.0118. The third-order valence-corrected chi connectivity index (χ3v) is 1.89. The van der Waals surface area contributed by atoms with Gasteiger partial charge >= 0.3 is 6.36 Å². The van der Waals surface area contributed by atoms with Crippen molar-refractivity contribution < 1.29 is 17.9 Å². The number of aromatic nitrogens is 1. The predicted molar refractivity (Wildman–Crippen MR) is 52.5 cm³/mol. The Kier molecular flexibility index (Phi) is 3.75. The van der Waals surface area contributed by atoms with E-state index in [-0.39, 0.29) is 24.3 Å². The smallest absolute Gasteiger partial charge is 0.398 e. The lowest BCUT2D eigenvalue weighted by Gasteiger charge is -2.12. The highest BCUT2D eigenvalue weighted by Gasteiger charge is 2.32. The maximum Gasteiger partial charge on any atom is 0.574 e. The first-order chi connectivity index (χ1) is 7.87. The molecule has 1 rings (SSSR count). The van der Waals surface area contributed by atoms with Gasteiger partial charge in [-0.25, -0.2) is 4.98 Å². The van der Waals surface area contributed by atoms with E-state index in [2.05, 4.69) is 9.72 Å². The third-order valence-electron chi connectivity index (χ3n) is 1.89. The summed E-state index contributed by atoms with van der Waals surface area (Å²) >= 11 is 0. The number of nitriles is 1. The number of nitrogens with zero attached hydrogens (tertiary/aromatic N) is 2. The first kappa shape index (κ1) is 13.1. The van der Waals surface area contributed by atoms with Gasteiger partial charge in [0.15, 0.2) is 0 Å². The van der Waals surface area contributed by atoms with Gasteiger partial charge in [0.1, 0.15) is 0 Å². The zero-order valence-corrected chi connectivity index (χ0v) is 8.58. The highest BCUT2D eigenvalue weighted by Crippen LogP contribution is 2.26. The Balaban J connectivity index is 3.15. The van der Waals surface area contributed by atoms with Gasteiger partial charge in [-0.3, -0.25) is 0 Å². The molecule has 0 radical (unpaired) electrons. The van der Waals surface area contributed by atoms with E-state index in [1.54, 1.807) is 6.07 Å². The number of hydrogen-bond donors (Lipinski definition) is 2. The van der Waals surface area contributed by atoms with Crippen LogP contribution in [0.4, 0.5) is 18.9 Å². The molecule has 1 heterocycles. The maximum absolute atomic E-state index is 12.0. The molecule has 0 saturated heterocycles. The van der Waals surface area contributed by atoms with Crippen LogP contribution in [0.3, 0.4) is 0 Å². The Morgan fingerprint density at radius 3 is 2.59 bits per heavy atom. The second kappa shape index (κ2) is 4.88. The average molecular weight is 246 g/mol. The molecule has 0 aliphatic rings. The molecule has 8 heteroatoms. The number of nitrogens with two attached hydrogens (primary N) is 2. The Hall–Kier alpha value is -2.01. The quantitative estimate of drug-likeness (QED) is 0.831. The van der Waals surface area contributed by atoms with Crippen LogP contribution in [0.15, 0.2) is 6.07 Å². The van der Waals surface area contributed by atoms with Gasteiger partial charge in [0.25, 0.3) is 0 Å². The highest BCUT2D eigenvalue weighted by atomic mass is 19.4. The molecule has 0 unspecified atom stereocenters. The van der Waals surface area contributed by atoms with E-state index in [1.807, 2.05) is 0 Å². The van der Waals surface area contributed by atoms with Crippen molar-refractivity contribution in [2.75, 3.05) is 5.73 Å². The minimum atomic E-state index is -4.85. The van der Waals surface area contributed by atoms with Crippen LogP contribution in [-0.4, -0.2) is 11.3 Å². The van der Waals surface area contributed by atoms with E-state index in [9.17, 15) is 13.2 Å². The average Bonchev–Trinajstić information content (AvgIpc) is 2.15. The molecule has 92 valence electrons. The van der Waals surface area contributed by atoms with Crippen molar-refractivity contribution in [2.45, 2.75) is 19.3 Å². The Morgan fingerprint density at radius 1 is 1.47 bits per heavy atom. The molecule has 0 aromatic carbocycles. The summed E-state index contributed by atoms with van der Waals surface area (Å²) in [4.78, 5) is 3.55. The number of hydrogen-bond acceptors (Lipinski definition) is 5. The second-order valence-electron chi connectivity index (χ2n) is 3.06. The van der Waals surface area contributed by atoms with Gasteiger partial charge in [0.05, 0.1) is 18.2 Å². The lowest BCUT2D eigenvalue weighted by Crippen LogP contribution is -2.19. The number of nitrogen functional groups attached to an aromatic ring is 1. The van der Waals surface area contributed by atoms with E-state index >= 15 is 0 Å². The van der Waals surface area contributed by atoms with Crippen LogP contribution in [0.2, 0.25) is 0 Å². The molecule has 0 amide bonds. The van der Waals surface area contributed by atoms with Crippen LogP contribution >= 0.6 is 0 Å². The van der Waals surface area contributed by atoms with Gasteiger partial charge in [-0.1, -0.05) is 0 Å². The number of halogens is 3. The molecular formula is C9H9F3N4O. The topological polar surface area (TPSA) is 97.9 Å². The Labute approximate surface area is 94.8 Å². The number of pyridine rings is 1. The standard InChI is InChI=1S/C9H9F3N4O/c10-9(11,12)17-8-3-6(15)5(4-14)7(16-8)1-2-13/h3H,1,4,14H2,(H2,15,16). The van der Waals surface area contributed by atoms with Gasteiger partial charge in [0.2, 0.25) is 5.88 Å². The molecule has 4 N–H and O–H groups in total. The van der Waals surface area contributed by atoms with Gasteiger partial charge in [-0.05, 0) is 0 Å². The van der Waals surface area contributed by atoms with Crippen molar-refractivity contribution in [2.24, 2.45) is 5.73 Å². The highest BCUT2D eigenvalue weighted by molar-refractivity contribution is 5.52. The minimum Gasteiger partial charge on any atom is -0.398 e. The van der Waals surface area contributed by atoms with Crippen LogP contribution in [0.5, 0.6) is 5.88 Å². The summed E-state index contributed by atoms with van der Waals surface area (Å²) in [5, 5.41) is 8.52. The predicted octanol–water partition coefficient (Wildman–Crippen LogP) is 1.09. The van der Waals surface area contributed by atoms with Crippen LogP contribution in [-0.2, 0) is 13.0 Å². The SMILES string of the molecule is N#CCc1nc(OC(F)(F)F)cc(N)c1CN. The lowest BCUT2D eigenvalue weighted by molar-refractivity contribution is -0.276.